The number of hydrogen-bond acceptors (Lipinski definition) is 12. The minimum absolute atomic E-state index is 0.0468. The lowest BCUT2D eigenvalue weighted by molar-refractivity contribution is -0.260. The summed E-state index contributed by atoms with van der Waals surface area (Å²) in [4.78, 5) is 0. The van der Waals surface area contributed by atoms with E-state index in [4.69, 9.17) is 13.7 Å². The molecule has 0 spiro atoms. The van der Waals surface area contributed by atoms with Gasteiger partial charge in [-0.3, -0.25) is 4.18 Å². The Morgan fingerprint density at radius 3 is 2.24 bits per heavy atom. The van der Waals surface area contributed by atoms with Crippen LogP contribution in [0, 0.1) is 46.3 Å². The number of hydrogen-bond donors (Lipinski definition) is 6. The summed E-state index contributed by atoms with van der Waals surface area (Å²) >= 11 is 0. The molecule has 1 saturated heterocycles. The highest BCUT2D eigenvalue weighted by molar-refractivity contribution is 7.80. The number of rotatable bonds is 10. The van der Waals surface area contributed by atoms with E-state index in [1.54, 1.807) is 0 Å². The molecule has 1 heterocycles. The van der Waals surface area contributed by atoms with Crippen LogP contribution < -0.4 is 0 Å². The molecule has 5 aliphatic rings. The highest BCUT2D eigenvalue weighted by Gasteiger charge is 2.71. The molecular formula is C32H55O12S-. The van der Waals surface area contributed by atoms with Crippen molar-refractivity contribution in [1.29, 1.82) is 0 Å². The zero-order valence-electron chi connectivity index (χ0n) is 27.2. The predicted molar refractivity (Wildman–Crippen MR) is 160 cm³/mol. The van der Waals surface area contributed by atoms with Crippen molar-refractivity contribution < 1.29 is 57.3 Å². The zero-order valence-corrected chi connectivity index (χ0v) is 28.0. The molecule has 4 saturated carbocycles. The first-order chi connectivity index (χ1) is 20.9. The second-order valence-electron chi connectivity index (χ2n) is 15.9. The average Bonchev–Trinajstić information content (AvgIpc) is 3.37. The third kappa shape index (κ3) is 6.38. The lowest BCUT2D eigenvalue weighted by Gasteiger charge is -2.66. The summed E-state index contributed by atoms with van der Waals surface area (Å²) in [6, 6.07) is 0. The molecule has 12 nitrogen and oxygen atoms in total. The first-order valence-corrected chi connectivity index (χ1v) is 18.2. The second kappa shape index (κ2) is 12.8. The molecule has 0 aromatic rings. The predicted octanol–water partition coefficient (Wildman–Crippen LogP) is 1.44. The van der Waals surface area contributed by atoms with Crippen molar-refractivity contribution in [2.75, 3.05) is 6.61 Å². The maximum absolute atomic E-state index is 12.7. The van der Waals surface area contributed by atoms with Gasteiger partial charge in [-0.25, -0.2) is 8.42 Å². The summed E-state index contributed by atoms with van der Waals surface area (Å²) in [6.07, 6.45) is -2.71. The van der Waals surface area contributed by atoms with E-state index >= 15 is 0 Å². The minimum atomic E-state index is -5.07. The van der Waals surface area contributed by atoms with Crippen molar-refractivity contribution in [3.8, 4) is 0 Å². The Morgan fingerprint density at radius 1 is 0.978 bits per heavy atom. The van der Waals surface area contributed by atoms with Crippen molar-refractivity contribution in [1.82, 2.24) is 0 Å². The van der Waals surface area contributed by atoms with Crippen LogP contribution in [0.5, 0.6) is 0 Å². The van der Waals surface area contributed by atoms with Gasteiger partial charge in [-0.15, -0.1) is 0 Å². The summed E-state index contributed by atoms with van der Waals surface area (Å²) in [5, 5.41) is 64.8. The van der Waals surface area contributed by atoms with Crippen LogP contribution in [0.25, 0.3) is 0 Å². The molecule has 1 aliphatic heterocycles. The van der Waals surface area contributed by atoms with Crippen molar-refractivity contribution in [2.45, 2.75) is 147 Å². The van der Waals surface area contributed by atoms with Crippen LogP contribution in [-0.4, -0.2) is 105 Å². The van der Waals surface area contributed by atoms with Crippen molar-refractivity contribution in [3.05, 3.63) is 0 Å². The monoisotopic (exact) mass is 663 g/mol. The zero-order chi connectivity index (χ0) is 33.3. The molecular weight excluding hydrogens is 608 g/mol. The Bertz CT molecular complexity index is 1150. The first-order valence-electron chi connectivity index (χ1n) is 16.9. The quantitative estimate of drug-likeness (QED) is 0.145. The van der Waals surface area contributed by atoms with Gasteiger partial charge < -0.3 is 44.7 Å². The second-order valence-corrected chi connectivity index (χ2v) is 17.0. The maximum Gasteiger partial charge on any atom is 0.217 e. The molecule has 5 rings (SSSR count). The largest absolute Gasteiger partial charge is 0.726 e. The summed E-state index contributed by atoms with van der Waals surface area (Å²) < 4.78 is 52.3. The first kappa shape index (κ1) is 35.8. The van der Waals surface area contributed by atoms with Crippen LogP contribution >= 0.6 is 0 Å². The SMILES string of the molecule is CC(C)[C@H](CC[C@@H](C)[C@H]1C[C@H](O)[C@@H]2[C@]1(C)CC[C@@H]1[C@@]3(C)CC[C@H](O)C[C@@H]3[C@@H](OS(=O)(=O)[O-])C[C@]12O)O[C@@H]1O[C@@H](CO)[C@H](O)[C@H]1O. The van der Waals surface area contributed by atoms with Crippen LogP contribution in [0.4, 0.5) is 0 Å². The van der Waals surface area contributed by atoms with E-state index in [1.165, 1.54) is 0 Å². The van der Waals surface area contributed by atoms with Crippen molar-refractivity contribution in [2.24, 2.45) is 46.3 Å². The van der Waals surface area contributed by atoms with E-state index in [0.717, 1.165) is 12.8 Å². The topological polar surface area (TPSA) is 206 Å². The van der Waals surface area contributed by atoms with Gasteiger partial charge in [0, 0.05) is 12.3 Å². The summed E-state index contributed by atoms with van der Waals surface area (Å²) in [5.41, 5.74) is -2.48. The van der Waals surface area contributed by atoms with E-state index in [-0.39, 0.29) is 36.2 Å². The molecule has 0 bridgehead atoms. The van der Waals surface area contributed by atoms with Gasteiger partial charge in [0.25, 0.3) is 0 Å². The maximum atomic E-state index is 12.7. The molecule has 5 fully saturated rings. The van der Waals surface area contributed by atoms with Crippen molar-refractivity contribution in [3.63, 3.8) is 0 Å². The highest BCUT2D eigenvalue weighted by Crippen LogP contribution is 2.70. The Labute approximate surface area is 267 Å². The van der Waals surface area contributed by atoms with Crippen LogP contribution in [0.3, 0.4) is 0 Å². The molecule has 45 heavy (non-hydrogen) atoms. The number of aliphatic hydroxyl groups excluding tert-OH is 5. The lowest BCUT2D eigenvalue weighted by atomic mass is 9.42. The molecule has 16 atom stereocenters. The van der Waals surface area contributed by atoms with Gasteiger partial charge in [0.2, 0.25) is 10.4 Å². The van der Waals surface area contributed by atoms with Gasteiger partial charge in [-0.1, -0.05) is 34.6 Å². The molecule has 4 aliphatic carbocycles. The fraction of sp³-hybridized carbons (Fsp3) is 1.00. The average molecular weight is 664 g/mol. The van der Waals surface area contributed by atoms with Crippen LogP contribution in [-0.2, 0) is 24.1 Å². The Balaban J connectivity index is 1.34. The Morgan fingerprint density at radius 2 is 1.64 bits per heavy atom. The van der Waals surface area contributed by atoms with Gasteiger partial charge in [-0.05, 0) is 91.8 Å². The highest BCUT2D eigenvalue weighted by atomic mass is 32.3. The van der Waals surface area contributed by atoms with Gasteiger partial charge in [0.15, 0.2) is 6.29 Å². The third-order valence-corrected chi connectivity index (χ3v) is 13.6. The smallest absolute Gasteiger partial charge is 0.217 e. The summed E-state index contributed by atoms with van der Waals surface area (Å²) in [6.45, 7) is 9.87. The number of aliphatic hydroxyl groups is 6. The molecule has 262 valence electrons. The van der Waals surface area contributed by atoms with Gasteiger partial charge in [-0.2, -0.15) is 0 Å². The van der Waals surface area contributed by atoms with E-state index in [2.05, 4.69) is 13.8 Å². The molecule has 6 N–H and O–H groups in total. The molecule has 0 unspecified atom stereocenters. The lowest BCUT2D eigenvalue weighted by Crippen LogP contribution is -2.69. The third-order valence-electron chi connectivity index (χ3n) is 13.1. The normalized spacial score (nSPS) is 49.8. The fourth-order valence-electron chi connectivity index (χ4n) is 11.0. The van der Waals surface area contributed by atoms with Crippen LogP contribution in [0.1, 0.15) is 92.4 Å². The molecule has 0 aromatic carbocycles. The van der Waals surface area contributed by atoms with Gasteiger partial charge >= 0.3 is 0 Å². The Kier molecular flexibility index (Phi) is 10.2. The van der Waals surface area contributed by atoms with Crippen LogP contribution in [0.2, 0.25) is 0 Å². The van der Waals surface area contributed by atoms with E-state index < -0.39 is 88.2 Å². The van der Waals surface area contributed by atoms with Gasteiger partial charge in [0.05, 0.1) is 36.6 Å². The van der Waals surface area contributed by atoms with E-state index in [1.807, 2.05) is 20.8 Å². The standard InChI is InChI=1S/C32H56O12S/c1-16(2)22(42-29-27(37)26(36)24(15-33)43-29)7-6-17(3)19-13-21(35)28-31(19,5)11-9-25-30(4)10-8-18(34)12-20(30)23(14-32(25,28)38)44-45(39,40)41/h16-29,33-38H,6-15H2,1-5H3,(H,39,40,41)/p-1/t17-,18+,19-,20-,21+,22+,23+,24+,25-,26+,27-,28-,29-,30+,31-,32+/m1/s1. The fourth-order valence-corrected chi connectivity index (χ4v) is 11.5. The molecule has 13 heteroatoms. The number of ether oxygens (including phenoxy) is 2. The molecule has 0 amide bonds. The van der Waals surface area contributed by atoms with E-state index in [9.17, 15) is 43.6 Å². The van der Waals surface area contributed by atoms with Crippen LogP contribution in [0.15, 0.2) is 0 Å². The van der Waals surface area contributed by atoms with Gasteiger partial charge in [0.1, 0.15) is 18.3 Å². The summed E-state index contributed by atoms with van der Waals surface area (Å²) in [7, 11) is -5.07. The number of fused-ring (bicyclic) bond motifs is 5. The summed E-state index contributed by atoms with van der Waals surface area (Å²) in [5.74, 6) is -0.949. The minimum Gasteiger partial charge on any atom is -0.726 e. The van der Waals surface area contributed by atoms with E-state index in [0.29, 0.717) is 38.5 Å². The molecule has 0 radical (unpaired) electrons. The Hall–Kier alpha value is -0.450. The van der Waals surface area contributed by atoms with Crippen molar-refractivity contribution >= 4 is 10.4 Å². The molecule has 0 aromatic heterocycles.